The van der Waals surface area contributed by atoms with Crippen LogP contribution >= 0.6 is 23.2 Å². The molecule has 0 aliphatic rings. The van der Waals surface area contributed by atoms with Crippen molar-refractivity contribution >= 4 is 29.3 Å². The molecule has 0 aliphatic carbocycles. The Kier molecular flexibility index (Phi) is 8.08. The number of amides is 1. The SMILES string of the molecule is CC(C)(C)OC(=O)NC(C)(c1ccc(Cl)nc1)C(O)c1ccc(Cl)cc1OCc1ccccc1. The molecule has 1 aromatic heterocycles. The molecule has 2 N–H and O–H groups in total. The van der Waals surface area contributed by atoms with Gasteiger partial charge < -0.3 is 19.9 Å². The van der Waals surface area contributed by atoms with Crippen molar-refractivity contribution in [3.8, 4) is 5.75 Å². The second kappa shape index (κ2) is 10.6. The van der Waals surface area contributed by atoms with Gasteiger partial charge in [0, 0.05) is 16.8 Å². The Morgan fingerprint density at radius 2 is 1.76 bits per heavy atom. The normalized spacial score (nSPS) is 14.1. The van der Waals surface area contributed by atoms with Crippen molar-refractivity contribution in [2.24, 2.45) is 0 Å². The van der Waals surface area contributed by atoms with E-state index in [2.05, 4.69) is 10.3 Å². The zero-order valence-corrected chi connectivity index (χ0v) is 21.0. The summed E-state index contributed by atoms with van der Waals surface area (Å²) in [6.45, 7) is 7.25. The number of ether oxygens (including phenoxy) is 2. The average Bonchev–Trinajstić information content (AvgIpc) is 2.77. The number of alkyl carbamates (subject to hydrolysis) is 1. The van der Waals surface area contributed by atoms with Crippen molar-refractivity contribution in [3.05, 3.63) is 93.7 Å². The minimum Gasteiger partial charge on any atom is -0.488 e. The van der Waals surface area contributed by atoms with Crippen LogP contribution in [0.4, 0.5) is 4.79 Å². The van der Waals surface area contributed by atoms with Crippen molar-refractivity contribution in [2.75, 3.05) is 0 Å². The highest BCUT2D eigenvalue weighted by atomic mass is 35.5. The van der Waals surface area contributed by atoms with Crippen molar-refractivity contribution in [3.63, 3.8) is 0 Å². The number of aromatic nitrogens is 1. The van der Waals surface area contributed by atoms with Gasteiger partial charge in [-0.3, -0.25) is 0 Å². The lowest BCUT2D eigenvalue weighted by atomic mass is 9.83. The van der Waals surface area contributed by atoms with Crippen LogP contribution in [0.3, 0.4) is 0 Å². The van der Waals surface area contributed by atoms with Gasteiger partial charge in [0.2, 0.25) is 0 Å². The van der Waals surface area contributed by atoms with Crippen LogP contribution in [0.1, 0.15) is 50.5 Å². The van der Waals surface area contributed by atoms with Gasteiger partial charge in [-0.1, -0.05) is 65.7 Å². The largest absolute Gasteiger partial charge is 0.488 e. The summed E-state index contributed by atoms with van der Waals surface area (Å²) >= 11 is 12.2. The molecule has 0 saturated carbocycles. The number of nitrogens with zero attached hydrogens (tertiary/aromatic N) is 1. The van der Waals surface area contributed by atoms with E-state index in [0.29, 0.717) is 21.9 Å². The summed E-state index contributed by atoms with van der Waals surface area (Å²) in [6.07, 6.45) is -0.431. The molecule has 6 nitrogen and oxygen atoms in total. The van der Waals surface area contributed by atoms with E-state index in [9.17, 15) is 9.90 Å². The summed E-state index contributed by atoms with van der Waals surface area (Å²) in [7, 11) is 0. The Bertz CT molecular complexity index is 1120. The maximum Gasteiger partial charge on any atom is 0.408 e. The molecule has 0 spiro atoms. The van der Waals surface area contributed by atoms with E-state index < -0.39 is 23.3 Å². The molecule has 0 saturated heterocycles. The third kappa shape index (κ3) is 6.63. The van der Waals surface area contributed by atoms with Crippen molar-refractivity contribution in [1.82, 2.24) is 10.3 Å². The number of aliphatic hydroxyl groups excluding tert-OH is 1. The van der Waals surface area contributed by atoms with E-state index in [4.69, 9.17) is 32.7 Å². The number of carbonyl (C=O) groups excluding carboxylic acids is 1. The lowest BCUT2D eigenvalue weighted by Crippen LogP contribution is -2.49. The second-order valence-corrected chi connectivity index (χ2v) is 9.88. The highest BCUT2D eigenvalue weighted by Gasteiger charge is 2.40. The fraction of sp³-hybridized carbons (Fsp3) is 0.308. The summed E-state index contributed by atoms with van der Waals surface area (Å²) in [5.74, 6) is 0.392. The Balaban J connectivity index is 1.99. The van der Waals surface area contributed by atoms with Gasteiger partial charge in [0.05, 0.1) is 5.54 Å². The predicted molar refractivity (Wildman–Crippen MR) is 133 cm³/mol. The summed E-state index contributed by atoms with van der Waals surface area (Å²) < 4.78 is 11.5. The number of pyridine rings is 1. The fourth-order valence-electron chi connectivity index (χ4n) is 3.40. The maximum absolute atomic E-state index is 12.8. The molecule has 3 rings (SSSR count). The van der Waals surface area contributed by atoms with Crippen LogP contribution in [0.25, 0.3) is 0 Å². The second-order valence-electron chi connectivity index (χ2n) is 9.06. The molecule has 8 heteroatoms. The summed E-state index contributed by atoms with van der Waals surface area (Å²) in [6, 6.07) is 17.9. The molecule has 1 amide bonds. The predicted octanol–water partition coefficient (Wildman–Crippen LogP) is 6.44. The topological polar surface area (TPSA) is 80.7 Å². The first kappa shape index (κ1) is 25.8. The molecule has 0 radical (unpaired) electrons. The van der Waals surface area contributed by atoms with Gasteiger partial charge in [-0.2, -0.15) is 0 Å². The van der Waals surface area contributed by atoms with E-state index in [1.165, 1.54) is 6.20 Å². The first-order valence-corrected chi connectivity index (χ1v) is 11.5. The average molecular weight is 503 g/mol. The van der Waals surface area contributed by atoms with Crippen LogP contribution in [-0.2, 0) is 16.9 Å². The Hall–Kier alpha value is -2.80. The molecule has 0 aliphatic heterocycles. The number of carbonyl (C=O) groups is 1. The molecular weight excluding hydrogens is 475 g/mol. The fourth-order valence-corrected chi connectivity index (χ4v) is 3.68. The quantitative estimate of drug-likeness (QED) is 0.363. The van der Waals surface area contributed by atoms with Gasteiger partial charge in [-0.15, -0.1) is 0 Å². The van der Waals surface area contributed by atoms with E-state index in [1.54, 1.807) is 58.0 Å². The number of benzene rings is 2. The monoisotopic (exact) mass is 502 g/mol. The number of aliphatic hydroxyl groups is 1. The minimum atomic E-state index is -1.33. The molecule has 2 aromatic carbocycles. The standard InChI is InChI=1S/C26H28Cl2N2O4/c1-25(2,3)34-24(32)30-26(4,18-10-13-22(28)29-15-18)23(31)20-12-11-19(27)14-21(20)33-16-17-8-6-5-7-9-17/h5-15,23,31H,16H2,1-4H3,(H,30,32). The van der Waals surface area contributed by atoms with E-state index in [1.807, 2.05) is 30.3 Å². The highest BCUT2D eigenvalue weighted by Crippen LogP contribution is 2.40. The molecule has 1 heterocycles. The lowest BCUT2D eigenvalue weighted by Gasteiger charge is -2.37. The summed E-state index contributed by atoms with van der Waals surface area (Å²) in [5, 5.41) is 15.2. The molecular formula is C26H28Cl2N2O4. The van der Waals surface area contributed by atoms with Crippen LogP contribution in [0, 0.1) is 0 Å². The summed E-state index contributed by atoms with van der Waals surface area (Å²) in [4.78, 5) is 16.9. The van der Waals surface area contributed by atoms with Gasteiger partial charge in [-0.05, 0) is 57.0 Å². The van der Waals surface area contributed by atoms with Crippen molar-refractivity contribution in [2.45, 2.75) is 51.5 Å². The smallest absolute Gasteiger partial charge is 0.408 e. The van der Waals surface area contributed by atoms with E-state index in [0.717, 1.165) is 5.56 Å². The van der Waals surface area contributed by atoms with Crippen LogP contribution in [0.5, 0.6) is 5.75 Å². The Labute approximate surface area is 209 Å². The molecule has 180 valence electrons. The molecule has 2 unspecified atom stereocenters. The number of halogens is 2. The van der Waals surface area contributed by atoms with E-state index >= 15 is 0 Å². The third-order valence-electron chi connectivity index (χ3n) is 5.14. The summed E-state index contributed by atoms with van der Waals surface area (Å²) in [5.41, 5.74) is -0.135. The van der Waals surface area contributed by atoms with E-state index in [-0.39, 0.29) is 11.8 Å². The molecule has 34 heavy (non-hydrogen) atoms. The highest BCUT2D eigenvalue weighted by molar-refractivity contribution is 6.30. The number of hydrogen-bond acceptors (Lipinski definition) is 5. The van der Waals surface area contributed by atoms with Crippen LogP contribution in [0.15, 0.2) is 66.9 Å². The number of hydrogen-bond donors (Lipinski definition) is 2. The number of rotatable bonds is 7. The first-order chi connectivity index (χ1) is 16.0. The zero-order chi connectivity index (χ0) is 24.9. The maximum atomic E-state index is 12.8. The Morgan fingerprint density at radius 1 is 1.06 bits per heavy atom. The van der Waals surface area contributed by atoms with Gasteiger partial charge in [0.15, 0.2) is 0 Å². The molecule has 2 atom stereocenters. The molecule has 0 fully saturated rings. The molecule has 0 bridgehead atoms. The van der Waals surface area contributed by atoms with Gasteiger partial charge in [-0.25, -0.2) is 9.78 Å². The van der Waals surface area contributed by atoms with Gasteiger partial charge in [0.1, 0.15) is 29.2 Å². The Morgan fingerprint density at radius 3 is 2.38 bits per heavy atom. The third-order valence-corrected chi connectivity index (χ3v) is 5.60. The molecule has 3 aromatic rings. The van der Waals surface area contributed by atoms with Crippen molar-refractivity contribution in [1.29, 1.82) is 0 Å². The van der Waals surface area contributed by atoms with Gasteiger partial charge in [0.25, 0.3) is 0 Å². The lowest BCUT2D eigenvalue weighted by molar-refractivity contribution is 0.0226. The van der Waals surface area contributed by atoms with Crippen LogP contribution in [0.2, 0.25) is 10.2 Å². The van der Waals surface area contributed by atoms with Gasteiger partial charge >= 0.3 is 6.09 Å². The number of nitrogens with one attached hydrogen (secondary N) is 1. The van der Waals surface area contributed by atoms with Crippen LogP contribution < -0.4 is 10.1 Å². The zero-order valence-electron chi connectivity index (χ0n) is 19.5. The minimum absolute atomic E-state index is 0.277. The first-order valence-electron chi connectivity index (χ1n) is 10.8. The van der Waals surface area contributed by atoms with Crippen molar-refractivity contribution < 1.29 is 19.4 Å². The van der Waals surface area contributed by atoms with Crippen LogP contribution in [-0.4, -0.2) is 21.8 Å².